The molecule has 1 amide bonds. The van der Waals surface area contributed by atoms with Crippen molar-refractivity contribution in [3.63, 3.8) is 0 Å². The van der Waals surface area contributed by atoms with Gasteiger partial charge in [-0.2, -0.15) is 0 Å². The molecule has 0 bridgehead atoms. The molecule has 4 nitrogen and oxygen atoms in total. The number of benzene rings is 1. The molecule has 1 aromatic carbocycles. The average Bonchev–Trinajstić information content (AvgIpc) is 2.42. The van der Waals surface area contributed by atoms with Crippen LogP contribution >= 0.6 is 0 Å². The Hall–Kier alpha value is -1.75. The highest BCUT2D eigenvalue weighted by molar-refractivity contribution is 5.84. The predicted octanol–water partition coefficient (Wildman–Crippen LogP) is 1.74. The van der Waals surface area contributed by atoms with Crippen LogP contribution in [-0.4, -0.2) is 54.7 Å². The zero-order valence-corrected chi connectivity index (χ0v) is 12.9. The van der Waals surface area contributed by atoms with Gasteiger partial charge in [-0.25, -0.2) is 4.39 Å². The van der Waals surface area contributed by atoms with E-state index in [1.54, 1.807) is 35.0 Å². The van der Waals surface area contributed by atoms with E-state index in [4.69, 9.17) is 0 Å². The van der Waals surface area contributed by atoms with Crippen LogP contribution in [0.5, 0.6) is 0 Å². The van der Waals surface area contributed by atoms with E-state index in [2.05, 4.69) is 0 Å². The minimum atomic E-state index is -0.368. The van der Waals surface area contributed by atoms with E-state index in [-0.39, 0.29) is 37.0 Å². The maximum absolute atomic E-state index is 13.5. The number of Topliss-reactive ketones (excluding diaryl/α,β-unsaturated/α-hetero) is 1. The highest BCUT2D eigenvalue weighted by atomic mass is 19.1. The van der Waals surface area contributed by atoms with E-state index in [0.29, 0.717) is 18.7 Å². The van der Waals surface area contributed by atoms with Gasteiger partial charge in [0, 0.05) is 19.5 Å². The fourth-order valence-electron chi connectivity index (χ4n) is 2.17. The van der Waals surface area contributed by atoms with Crippen molar-refractivity contribution in [1.29, 1.82) is 0 Å². The first-order valence-corrected chi connectivity index (χ1v) is 7.19. The second kappa shape index (κ2) is 8.52. The Morgan fingerprint density at radius 3 is 2.29 bits per heavy atom. The Labute approximate surface area is 125 Å². The van der Waals surface area contributed by atoms with Gasteiger partial charge in [0.15, 0.2) is 5.78 Å². The van der Waals surface area contributed by atoms with Crippen molar-refractivity contribution < 1.29 is 14.0 Å². The molecule has 0 saturated heterocycles. The van der Waals surface area contributed by atoms with Gasteiger partial charge in [0.2, 0.25) is 5.91 Å². The van der Waals surface area contributed by atoms with Crippen LogP contribution < -0.4 is 0 Å². The van der Waals surface area contributed by atoms with Gasteiger partial charge in [-0.3, -0.25) is 14.5 Å². The van der Waals surface area contributed by atoms with E-state index in [9.17, 15) is 14.0 Å². The van der Waals surface area contributed by atoms with Gasteiger partial charge in [-0.1, -0.05) is 18.2 Å². The summed E-state index contributed by atoms with van der Waals surface area (Å²) in [5.74, 6) is -0.469. The van der Waals surface area contributed by atoms with Crippen molar-refractivity contribution in [3.8, 4) is 0 Å². The number of carbonyl (C=O) groups excluding carboxylic acids is 2. The van der Waals surface area contributed by atoms with Crippen molar-refractivity contribution in [2.45, 2.75) is 20.3 Å². The lowest BCUT2D eigenvalue weighted by molar-refractivity contribution is -0.132. The monoisotopic (exact) mass is 294 g/mol. The van der Waals surface area contributed by atoms with Crippen LogP contribution in [0, 0.1) is 5.82 Å². The Morgan fingerprint density at radius 2 is 1.71 bits per heavy atom. The molecular weight excluding hydrogens is 271 g/mol. The lowest BCUT2D eigenvalue weighted by Crippen LogP contribution is -2.40. The van der Waals surface area contributed by atoms with Crippen LogP contribution in [0.3, 0.4) is 0 Å². The number of ketones is 1. The van der Waals surface area contributed by atoms with Crippen molar-refractivity contribution in [3.05, 3.63) is 35.6 Å². The molecule has 21 heavy (non-hydrogen) atoms. The quantitative estimate of drug-likeness (QED) is 0.733. The molecule has 0 aliphatic rings. The van der Waals surface area contributed by atoms with E-state index < -0.39 is 0 Å². The number of rotatable bonds is 8. The fraction of sp³-hybridized carbons (Fsp3) is 0.500. The lowest BCUT2D eigenvalue weighted by atomic mass is 10.1. The number of hydrogen-bond donors (Lipinski definition) is 0. The average molecular weight is 294 g/mol. The zero-order valence-electron chi connectivity index (χ0n) is 12.9. The topological polar surface area (TPSA) is 40.6 Å². The van der Waals surface area contributed by atoms with Gasteiger partial charge in [-0.05, 0) is 32.5 Å². The third-order valence-corrected chi connectivity index (χ3v) is 3.31. The molecule has 0 N–H and O–H groups in total. The van der Waals surface area contributed by atoms with Gasteiger partial charge in [0.1, 0.15) is 5.82 Å². The van der Waals surface area contributed by atoms with Crippen molar-refractivity contribution >= 4 is 11.7 Å². The van der Waals surface area contributed by atoms with Gasteiger partial charge < -0.3 is 4.90 Å². The van der Waals surface area contributed by atoms with E-state index in [1.807, 2.05) is 13.8 Å². The maximum atomic E-state index is 13.5. The molecule has 5 heteroatoms. The Bertz CT molecular complexity index is 487. The van der Waals surface area contributed by atoms with Crippen LogP contribution in [0.15, 0.2) is 24.3 Å². The van der Waals surface area contributed by atoms with E-state index in [1.165, 1.54) is 6.07 Å². The predicted molar refractivity (Wildman–Crippen MR) is 80.5 cm³/mol. The minimum Gasteiger partial charge on any atom is -0.342 e. The molecule has 0 spiro atoms. The Kier molecular flexibility index (Phi) is 7.02. The molecular formula is C16H23FN2O2. The van der Waals surface area contributed by atoms with Gasteiger partial charge in [0.05, 0.1) is 13.1 Å². The SMILES string of the molecule is CCN(CC)C(=O)CN(C)CC(=O)Cc1ccccc1F. The number of nitrogens with zero attached hydrogens (tertiary/aromatic N) is 2. The summed E-state index contributed by atoms with van der Waals surface area (Å²) in [5, 5.41) is 0. The largest absolute Gasteiger partial charge is 0.342 e. The smallest absolute Gasteiger partial charge is 0.236 e. The first-order valence-electron chi connectivity index (χ1n) is 7.19. The summed E-state index contributed by atoms with van der Waals surface area (Å²) >= 11 is 0. The van der Waals surface area contributed by atoms with Gasteiger partial charge in [0.25, 0.3) is 0 Å². The van der Waals surface area contributed by atoms with Crippen LogP contribution in [0.2, 0.25) is 0 Å². The summed E-state index contributed by atoms with van der Waals surface area (Å²) in [6.45, 7) is 5.50. The summed E-state index contributed by atoms with van der Waals surface area (Å²) < 4.78 is 13.5. The highest BCUT2D eigenvalue weighted by Crippen LogP contribution is 2.07. The second-order valence-electron chi connectivity index (χ2n) is 5.05. The maximum Gasteiger partial charge on any atom is 0.236 e. The molecule has 0 atom stereocenters. The zero-order chi connectivity index (χ0) is 15.8. The number of halogens is 1. The minimum absolute atomic E-state index is 0.00110. The van der Waals surface area contributed by atoms with Gasteiger partial charge in [-0.15, -0.1) is 0 Å². The molecule has 116 valence electrons. The van der Waals surface area contributed by atoms with Crippen molar-refractivity contribution in [2.75, 3.05) is 33.2 Å². The number of amides is 1. The van der Waals surface area contributed by atoms with Gasteiger partial charge >= 0.3 is 0 Å². The molecule has 1 rings (SSSR count). The number of carbonyl (C=O) groups is 2. The van der Waals surface area contributed by atoms with E-state index in [0.717, 1.165) is 0 Å². The van der Waals surface area contributed by atoms with Crippen molar-refractivity contribution in [1.82, 2.24) is 9.80 Å². The summed E-state index contributed by atoms with van der Waals surface area (Å²) in [6, 6.07) is 6.25. The first kappa shape index (κ1) is 17.3. The van der Waals surface area contributed by atoms with Crippen molar-refractivity contribution in [2.24, 2.45) is 0 Å². The summed E-state index contributed by atoms with van der Waals surface area (Å²) in [6.07, 6.45) is 0.0521. The van der Waals surface area contributed by atoms with Crippen LogP contribution in [0.1, 0.15) is 19.4 Å². The van der Waals surface area contributed by atoms with Crippen LogP contribution in [0.4, 0.5) is 4.39 Å². The summed E-state index contributed by atoms with van der Waals surface area (Å²) in [4.78, 5) is 27.2. The van der Waals surface area contributed by atoms with E-state index >= 15 is 0 Å². The Balaban J connectivity index is 2.47. The Morgan fingerprint density at radius 1 is 1.10 bits per heavy atom. The molecule has 0 heterocycles. The standard InChI is InChI=1S/C16H23FN2O2/c1-4-19(5-2)16(21)12-18(3)11-14(20)10-13-8-6-7-9-15(13)17/h6-9H,4-5,10-12H2,1-3H3. The summed E-state index contributed by atoms with van der Waals surface area (Å²) in [5.41, 5.74) is 0.394. The molecule has 0 unspecified atom stereocenters. The third-order valence-electron chi connectivity index (χ3n) is 3.31. The third kappa shape index (κ3) is 5.63. The number of hydrogen-bond acceptors (Lipinski definition) is 3. The molecule has 0 fully saturated rings. The fourth-order valence-corrected chi connectivity index (χ4v) is 2.17. The molecule has 0 saturated carbocycles. The molecule has 0 aliphatic carbocycles. The molecule has 0 radical (unpaired) electrons. The highest BCUT2D eigenvalue weighted by Gasteiger charge is 2.15. The van der Waals surface area contributed by atoms with Crippen LogP contribution in [0.25, 0.3) is 0 Å². The molecule has 0 aromatic heterocycles. The lowest BCUT2D eigenvalue weighted by Gasteiger charge is -2.22. The molecule has 0 aliphatic heterocycles. The summed E-state index contributed by atoms with van der Waals surface area (Å²) in [7, 11) is 1.72. The van der Waals surface area contributed by atoms with Crippen LogP contribution in [-0.2, 0) is 16.0 Å². The molecule has 1 aromatic rings. The second-order valence-corrected chi connectivity index (χ2v) is 5.05. The number of likely N-dealkylation sites (N-methyl/N-ethyl adjacent to an activating group) is 2. The normalized spacial score (nSPS) is 10.7. The first-order chi connectivity index (χ1) is 9.97.